The summed E-state index contributed by atoms with van der Waals surface area (Å²) >= 11 is 0. The maximum Gasteiger partial charge on any atom is 0.335 e. The van der Waals surface area contributed by atoms with Crippen LogP contribution in [0.4, 0.5) is 0 Å². The van der Waals surface area contributed by atoms with Crippen LogP contribution in [0.15, 0.2) is 85.1 Å². The molecule has 0 amide bonds. The first-order chi connectivity index (χ1) is 36.6. The number of rotatable bonds is 49. The van der Waals surface area contributed by atoms with Gasteiger partial charge in [0.15, 0.2) is 24.6 Å². The molecule has 0 saturated carbocycles. The standard InChI is InChI=1S/C63H104O12/c1-4-7-10-13-16-19-22-25-28-31-34-37-40-43-46-49-55(64)71-52-54(73-56(65)50-47-44-41-38-35-32-29-26-23-20-17-14-11-8-5-2)53-72-63-61(59(68)58(67)60(75-63)62(69)70)74-57(66)51-48-45-42-39-36-33-30-27-24-21-18-15-12-9-6-3/h9,12,16,18-19,21,25-30,36,39,54,58-61,63,67-68H,4-8,10-11,13-15,17,20,22-24,31-35,37-38,40-53H2,1-3H3,(H,69,70)/b12-9-,19-16-,21-18-,28-25-,29-26-,30-27-,39-36-. The van der Waals surface area contributed by atoms with Crippen molar-refractivity contribution < 1.29 is 58.2 Å². The van der Waals surface area contributed by atoms with Gasteiger partial charge in [-0.25, -0.2) is 4.79 Å². The van der Waals surface area contributed by atoms with Gasteiger partial charge in [-0.05, 0) is 116 Å². The molecule has 1 aliphatic heterocycles. The monoisotopic (exact) mass is 1050 g/mol. The van der Waals surface area contributed by atoms with Gasteiger partial charge in [0.25, 0.3) is 0 Å². The number of aliphatic carboxylic acids is 1. The number of carboxylic acids is 1. The first-order valence-corrected chi connectivity index (χ1v) is 29.6. The highest BCUT2D eigenvalue weighted by atomic mass is 16.7. The summed E-state index contributed by atoms with van der Waals surface area (Å²) in [6.07, 6.45) is 52.6. The number of aliphatic hydroxyl groups is 2. The van der Waals surface area contributed by atoms with Crippen molar-refractivity contribution in [2.45, 2.75) is 276 Å². The van der Waals surface area contributed by atoms with E-state index in [-0.39, 0.29) is 25.9 Å². The van der Waals surface area contributed by atoms with Crippen LogP contribution in [0.2, 0.25) is 0 Å². The molecule has 0 radical (unpaired) electrons. The van der Waals surface area contributed by atoms with Crippen LogP contribution in [0.3, 0.4) is 0 Å². The molecular weight excluding hydrogens is 949 g/mol. The second-order valence-electron chi connectivity index (χ2n) is 19.9. The number of unbranched alkanes of at least 4 members (excludes halogenated alkanes) is 21. The molecule has 0 spiro atoms. The maximum atomic E-state index is 13.1. The van der Waals surface area contributed by atoms with Gasteiger partial charge in [-0.3, -0.25) is 14.4 Å². The number of carboxylic acid groups (broad SMARTS) is 1. The van der Waals surface area contributed by atoms with Gasteiger partial charge < -0.3 is 39.0 Å². The highest BCUT2D eigenvalue weighted by Crippen LogP contribution is 2.26. The zero-order valence-electron chi connectivity index (χ0n) is 47.0. The predicted octanol–water partition coefficient (Wildman–Crippen LogP) is 15.1. The molecule has 428 valence electrons. The number of aliphatic hydroxyl groups excluding tert-OH is 2. The molecule has 3 N–H and O–H groups in total. The quantitative estimate of drug-likeness (QED) is 0.0228. The summed E-state index contributed by atoms with van der Waals surface area (Å²) in [6, 6.07) is 0. The molecule has 0 aromatic heterocycles. The lowest BCUT2D eigenvalue weighted by molar-refractivity contribution is -0.301. The Morgan fingerprint density at radius 1 is 0.453 bits per heavy atom. The Morgan fingerprint density at radius 3 is 1.35 bits per heavy atom. The second-order valence-corrected chi connectivity index (χ2v) is 19.9. The van der Waals surface area contributed by atoms with Crippen molar-refractivity contribution in [3.63, 3.8) is 0 Å². The van der Waals surface area contributed by atoms with E-state index >= 15 is 0 Å². The fourth-order valence-corrected chi connectivity index (χ4v) is 8.38. The van der Waals surface area contributed by atoms with E-state index in [0.29, 0.717) is 25.7 Å². The van der Waals surface area contributed by atoms with Crippen molar-refractivity contribution in [1.82, 2.24) is 0 Å². The largest absolute Gasteiger partial charge is 0.479 e. The Balaban J connectivity index is 2.74. The summed E-state index contributed by atoms with van der Waals surface area (Å²) in [7, 11) is 0. The SMILES string of the molecule is CC/C=C\C/C=C\C/C=C\C/C=C\CCCCC(=O)OC1C(OCC(COC(=O)CCCCCCC/C=C\C/C=C\CCCCC)OC(=O)CCCCCCC/C=C\CCCCCCCC)OC(C(=O)O)C(O)C1O. The van der Waals surface area contributed by atoms with Crippen LogP contribution < -0.4 is 0 Å². The third-order valence-electron chi connectivity index (χ3n) is 12.9. The average Bonchev–Trinajstić information content (AvgIpc) is 3.39. The minimum atomic E-state index is -1.92. The summed E-state index contributed by atoms with van der Waals surface area (Å²) in [5.74, 6) is -3.21. The maximum absolute atomic E-state index is 13.1. The number of hydrogen-bond donors (Lipinski definition) is 3. The Kier molecular flexibility index (Phi) is 46.6. The molecule has 1 heterocycles. The predicted molar refractivity (Wildman–Crippen MR) is 303 cm³/mol. The van der Waals surface area contributed by atoms with E-state index in [1.54, 1.807) is 0 Å². The van der Waals surface area contributed by atoms with Gasteiger partial charge in [-0.2, -0.15) is 0 Å². The minimum Gasteiger partial charge on any atom is -0.479 e. The molecule has 6 atom stereocenters. The average molecular weight is 1050 g/mol. The zero-order valence-corrected chi connectivity index (χ0v) is 47.0. The molecule has 0 aliphatic carbocycles. The van der Waals surface area contributed by atoms with E-state index in [2.05, 4.69) is 106 Å². The number of ether oxygens (including phenoxy) is 5. The lowest BCUT2D eigenvalue weighted by Crippen LogP contribution is -2.61. The van der Waals surface area contributed by atoms with Crippen molar-refractivity contribution in [3.05, 3.63) is 85.1 Å². The third-order valence-corrected chi connectivity index (χ3v) is 12.9. The van der Waals surface area contributed by atoms with Gasteiger partial charge >= 0.3 is 23.9 Å². The fourth-order valence-electron chi connectivity index (χ4n) is 8.38. The van der Waals surface area contributed by atoms with E-state index in [0.717, 1.165) is 116 Å². The molecule has 1 saturated heterocycles. The van der Waals surface area contributed by atoms with E-state index in [1.807, 2.05) is 0 Å². The van der Waals surface area contributed by atoms with Crippen LogP contribution >= 0.6 is 0 Å². The van der Waals surface area contributed by atoms with Crippen molar-refractivity contribution in [2.24, 2.45) is 0 Å². The molecule has 0 aromatic carbocycles. The second kappa shape index (κ2) is 50.7. The van der Waals surface area contributed by atoms with Crippen LogP contribution in [-0.4, -0.2) is 89.2 Å². The fraction of sp³-hybridized carbons (Fsp3) is 0.714. The van der Waals surface area contributed by atoms with Crippen LogP contribution in [-0.2, 0) is 42.9 Å². The minimum absolute atomic E-state index is 0.00314. The molecule has 0 bridgehead atoms. The molecule has 12 heteroatoms. The number of carbonyl (C=O) groups is 4. The normalized spacial score (nSPS) is 18.8. The molecule has 0 aromatic rings. The number of allylic oxidation sites excluding steroid dienone is 14. The van der Waals surface area contributed by atoms with Crippen LogP contribution in [0.1, 0.15) is 239 Å². The zero-order chi connectivity index (χ0) is 54.7. The van der Waals surface area contributed by atoms with E-state index in [4.69, 9.17) is 23.7 Å². The Hall–Kier alpha value is -4.10. The van der Waals surface area contributed by atoms with Gasteiger partial charge in [0.2, 0.25) is 0 Å². The van der Waals surface area contributed by atoms with E-state index in [1.165, 1.54) is 57.8 Å². The van der Waals surface area contributed by atoms with Crippen molar-refractivity contribution in [3.8, 4) is 0 Å². The first kappa shape index (κ1) is 68.9. The van der Waals surface area contributed by atoms with Crippen molar-refractivity contribution >= 4 is 23.9 Å². The van der Waals surface area contributed by atoms with Crippen molar-refractivity contribution in [2.75, 3.05) is 13.2 Å². The molecule has 1 aliphatic rings. The van der Waals surface area contributed by atoms with E-state index in [9.17, 15) is 34.5 Å². The summed E-state index contributed by atoms with van der Waals surface area (Å²) in [5, 5.41) is 31.5. The van der Waals surface area contributed by atoms with Crippen LogP contribution in [0, 0.1) is 0 Å². The number of carbonyl (C=O) groups excluding carboxylic acids is 3. The Labute approximate surface area is 454 Å². The molecule has 1 rings (SSSR count). The first-order valence-electron chi connectivity index (χ1n) is 29.6. The Morgan fingerprint density at radius 2 is 0.840 bits per heavy atom. The summed E-state index contributed by atoms with van der Waals surface area (Å²) in [6.45, 7) is 5.81. The molecular formula is C63H104O12. The van der Waals surface area contributed by atoms with Gasteiger partial charge in [-0.1, -0.05) is 189 Å². The molecule has 75 heavy (non-hydrogen) atoms. The topological polar surface area (TPSA) is 175 Å². The Bertz CT molecular complexity index is 1630. The van der Waals surface area contributed by atoms with Gasteiger partial charge in [0.1, 0.15) is 18.8 Å². The smallest absolute Gasteiger partial charge is 0.335 e. The highest BCUT2D eigenvalue weighted by molar-refractivity contribution is 5.74. The third kappa shape index (κ3) is 40.8. The van der Waals surface area contributed by atoms with Crippen molar-refractivity contribution in [1.29, 1.82) is 0 Å². The number of hydrogen-bond acceptors (Lipinski definition) is 11. The van der Waals surface area contributed by atoms with Gasteiger partial charge in [0, 0.05) is 19.3 Å². The van der Waals surface area contributed by atoms with Crippen LogP contribution in [0.5, 0.6) is 0 Å². The summed E-state index contributed by atoms with van der Waals surface area (Å²) in [4.78, 5) is 51.1. The lowest BCUT2D eigenvalue weighted by Gasteiger charge is -2.40. The highest BCUT2D eigenvalue weighted by Gasteiger charge is 2.50. The molecule has 12 nitrogen and oxygen atoms in total. The lowest BCUT2D eigenvalue weighted by atomic mass is 9.98. The van der Waals surface area contributed by atoms with Gasteiger partial charge in [0.05, 0.1) is 6.61 Å². The van der Waals surface area contributed by atoms with Gasteiger partial charge in [-0.15, -0.1) is 0 Å². The molecule has 6 unspecified atom stereocenters. The number of esters is 3. The molecule has 1 fully saturated rings. The summed E-state index contributed by atoms with van der Waals surface area (Å²) in [5.41, 5.74) is 0. The van der Waals surface area contributed by atoms with Crippen LogP contribution in [0.25, 0.3) is 0 Å². The van der Waals surface area contributed by atoms with E-state index < -0.39 is 67.3 Å². The summed E-state index contributed by atoms with van der Waals surface area (Å²) < 4.78 is 28.4.